The number of benzene rings is 1. The molecule has 2 atom stereocenters. The Balaban J connectivity index is 2.02. The topological polar surface area (TPSA) is 63.6 Å². The number of rotatable bonds is 5. The number of carbonyl (C=O) groups is 1. The standard InChI is InChI=1S/C15H19O4P/c1-12-7-5-6-10-14(12)15(16)20(17,18)19-11-13-8-3-2-4-9-13/h2-3,5-7,10,13H,4,8-9,11H2,1H3,(H,17,18). The van der Waals surface area contributed by atoms with Crippen molar-refractivity contribution in [3.63, 3.8) is 0 Å². The zero-order chi connectivity index (χ0) is 14.6. The summed E-state index contributed by atoms with van der Waals surface area (Å²) in [5.41, 5.74) is 0.111. The molecule has 0 fully saturated rings. The van der Waals surface area contributed by atoms with Gasteiger partial charge in [0.2, 0.25) is 0 Å². The predicted molar refractivity (Wildman–Crippen MR) is 77.8 cm³/mol. The van der Waals surface area contributed by atoms with E-state index in [1.807, 2.05) is 6.08 Å². The van der Waals surface area contributed by atoms with Crippen LogP contribution in [0.5, 0.6) is 0 Å². The summed E-state index contributed by atoms with van der Waals surface area (Å²) in [5.74, 6) is 0.213. The van der Waals surface area contributed by atoms with Crippen LogP contribution in [0.2, 0.25) is 0 Å². The Morgan fingerprint density at radius 1 is 1.40 bits per heavy atom. The molecule has 0 radical (unpaired) electrons. The van der Waals surface area contributed by atoms with Gasteiger partial charge in [0.25, 0.3) is 5.52 Å². The van der Waals surface area contributed by atoms with Crippen LogP contribution in [0.25, 0.3) is 0 Å². The second-order valence-electron chi connectivity index (χ2n) is 5.09. The molecule has 2 rings (SSSR count). The van der Waals surface area contributed by atoms with Gasteiger partial charge < -0.3 is 9.42 Å². The average Bonchev–Trinajstić information content (AvgIpc) is 2.46. The van der Waals surface area contributed by atoms with Crippen LogP contribution in [0.3, 0.4) is 0 Å². The van der Waals surface area contributed by atoms with Gasteiger partial charge in [-0.3, -0.25) is 9.36 Å². The Morgan fingerprint density at radius 2 is 2.15 bits per heavy atom. The fourth-order valence-electron chi connectivity index (χ4n) is 2.24. The molecule has 1 aromatic rings. The third-order valence-electron chi connectivity index (χ3n) is 3.50. The number of hydrogen-bond acceptors (Lipinski definition) is 3. The molecule has 20 heavy (non-hydrogen) atoms. The molecule has 0 amide bonds. The molecular weight excluding hydrogens is 275 g/mol. The highest BCUT2D eigenvalue weighted by atomic mass is 31.2. The fraction of sp³-hybridized carbons (Fsp3) is 0.400. The molecule has 4 nitrogen and oxygen atoms in total. The van der Waals surface area contributed by atoms with Gasteiger partial charge in [-0.1, -0.05) is 36.4 Å². The lowest BCUT2D eigenvalue weighted by atomic mass is 9.96. The summed E-state index contributed by atoms with van der Waals surface area (Å²) in [4.78, 5) is 22.0. The first-order valence-electron chi connectivity index (χ1n) is 6.73. The average molecular weight is 294 g/mol. The molecule has 0 aromatic heterocycles. The highest BCUT2D eigenvalue weighted by Crippen LogP contribution is 2.46. The van der Waals surface area contributed by atoms with Crippen molar-refractivity contribution in [3.8, 4) is 0 Å². The molecule has 0 aliphatic heterocycles. The summed E-state index contributed by atoms with van der Waals surface area (Å²) >= 11 is 0. The third-order valence-corrected chi connectivity index (χ3v) is 4.75. The number of aryl methyl sites for hydroxylation is 1. The maximum Gasteiger partial charge on any atom is 0.399 e. The van der Waals surface area contributed by atoms with Crippen molar-refractivity contribution in [2.45, 2.75) is 26.2 Å². The van der Waals surface area contributed by atoms with E-state index in [1.165, 1.54) is 0 Å². The van der Waals surface area contributed by atoms with Crippen molar-refractivity contribution < 1.29 is 18.8 Å². The zero-order valence-electron chi connectivity index (χ0n) is 11.5. The monoisotopic (exact) mass is 294 g/mol. The maximum atomic E-state index is 12.1. The minimum atomic E-state index is -4.26. The normalized spacial score (nSPS) is 21.4. The minimum absolute atomic E-state index is 0.149. The molecule has 1 N–H and O–H groups in total. The SMILES string of the molecule is Cc1ccccc1C(=O)P(=O)(O)OCC1CC=CCC1. The van der Waals surface area contributed by atoms with Crippen LogP contribution < -0.4 is 0 Å². The van der Waals surface area contributed by atoms with Crippen molar-refractivity contribution in [3.05, 3.63) is 47.5 Å². The molecule has 2 unspecified atom stereocenters. The lowest BCUT2D eigenvalue weighted by Crippen LogP contribution is -2.13. The number of carbonyl (C=O) groups excluding carboxylic acids is 1. The molecule has 1 aliphatic carbocycles. The quantitative estimate of drug-likeness (QED) is 0.664. The predicted octanol–water partition coefficient (Wildman–Crippen LogP) is 3.69. The second kappa shape index (κ2) is 6.49. The van der Waals surface area contributed by atoms with Crippen molar-refractivity contribution >= 4 is 13.1 Å². The van der Waals surface area contributed by atoms with E-state index in [2.05, 4.69) is 6.08 Å². The van der Waals surface area contributed by atoms with E-state index in [0.29, 0.717) is 5.56 Å². The molecule has 0 heterocycles. The Morgan fingerprint density at radius 3 is 2.80 bits per heavy atom. The lowest BCUT2D eigenvalue weighted by Gasteiger charge is -2.19. The summed E-state index contributed by atoms with van der Waals surface area (Å²) in [6.45, 7) is 1.88. The maximum absolute atomic E-state index is 12.1. The molecule has 0 spiro atoms. The Kier molecular flexibility index (Phi) is 4.92. The van der Waals surface area contributed by atoms with E-state index >= 15 is 0 Å². The molecular formula is C15H19O4P. The van der Waals surface area contributed by atoms with Crippen LogP contribution in [0.1, 0.15) is 35.2 Å². The summed E-state index contributed by atoms with van der Waals surface area (Å²) in [6.07, 6.45) is 6.85. The number of allylic oxidation sites excluding steroid dienone is 2. The van der Waals surface area contributed by atoms with Crippen molar-refractivity contribution in [1.29, 1.82) is 0 Å². The first-order chi connectivity index (χ1) is 9.50. The zero-order valence-corrected chi connectivity index (χ0v) is 12.4. The number of hydrogen-bond donors (Lipinski definition) is 1. The molecule has 0 bridgehead atoms. The molecule has 0 saturated heterocycles. The van der Waals surface area contributed by atoms with Crippen LogP contribution in [-0.4, -0.2) is 17.0 Å². The molecule has 108 valence electrons. The van der Waals surface area contributed by atoms with Gasteiger partial charge in [0.05, 0.1) is 6.61 Å². The fourth-order valence-corrected chi connectivity index (χ4v) is 3.32. The second-order valence-corrected chi connectivity index (χ2v) is 6.79. The van der Waals surface area contributed by atoms with E-state index in [1.54, 1.807) is 31.2 Å². The third kappa shape index (κ3) is 3.66. The van der Waals surface area contributed by atoms with Crippen LogP contribution in [0, 0.1) is 12.8 Å². The van der Waals surface area contributed by atoms with Crippen molar-refractivity contribution in [2.24, 2.45) is 5.92 Å². The highest BCUT2D eigenvalue weighted by molar-refractivity contribution is 7.71. The Hall–Kier alpha value is -1.22. The van der Waals surface area contributed by atoms with E-state index < -0.39 is 13.1 Å². The summed E-state index contributed by atoms with van der Waals surface area (Å²) in [5, 5.41) is 0. The largest absolute Gasteiger partial charge is 0.399 e. The first-order valence-corrected chi connectivity index (χ1v) is 8.31. The molecule has 0 saturated carbocycles. The van der Waals surface area contributed by atoms with Gasteiger partial charge in [-0.25, -0.2) is 0 Å². The van der Waals surface area contributed by atoms with Gasteiger partial charge >= 0.3 is 7.60 Å². The smallest absolute Gasteiger partial charge is 0.319 e. The first kappa shape index (κ1) is 15.2. The summed E-state index contributed by atoms with van der Waals surface area (Å²) < 4.78 is 17.1. The van der Waals surface area contributed by atoms with Gasteiger partial charge in [0.15, 0.2) is 0 Å². The van der Waals surface area contributed by atoms with Crippen LogP contribution in [0.4, 0.5) is 0 Å². The van der Waals surface area contributed by atoms with Gasteiger partial charge in [-0.15, -0.1) is 0 Å². The Bertz CT molecular complexity index is 565. The molecule has 5 heteroatoms. The van der Waals surface area contributed by atoms with Crippen LogP contribution >= 0.6 is 7.60 Å². The molecule has 1 aliphatic rings. The van der Waals surface area contributed by atoms with Crippen molar-refractivity contribution in [2.75, 3.05) is 6.61 Å². The van der Waals surface area contributed by atoms with E-state index in [9.17, 15) is 14.3 Å². The van der Waals surface area contributed by atoms with Gasteiger partial charge in [0, 0.05) is 5.56 Å². The highest BCUT2D eigenvalue weighted by Gasteiger charge is 2.33. The summed E-state index contributed by atoms with van der Waals surface area (Å²) in [6, 6.07) is 6.74. The summed E-state index contributed by atoms with van der Waals surface area (Å²) in [7, 11) is -4.26. The van der Waals surface area contributed by atoms with Gasteiger partial charge in [0.1, 0.15) is 0 Å². The van der Waals surface area contributed by atoms with Crippen LogP contribution in [0.15, 0.2) is 36.4 Å². The Labute approximate surface area is 119 Å². The lowest BCUT2D eigenvalue weighted by molar-refractivity contribution is 0.101. The van der Waals surface area contributed by atoms with E-state index in [4.69, 9.17) is 4.52 Å². The van der Waals surface area contributed by atoms with Crippen molar-refractivity contribution in [1.82, 2.24) is 0 Å². The molecule has 1 aromatic carbocycles. The van der Waals surface area contributed by atoms with E-state index in [-0.39, 0.29) is 18.1 Å². The minimum Gasteiger partial charge on any atom is -0.319 e. The van der Waals surface area contributed by atoms with Crippen LogP contribution in [-0.2, 0) is 9.09 Å². The van der Waals surface area contributed by atoms with Gasteiger partial charge in [-0.2, -0.15) is 0 Å². The van der Waals surface area contributed by atoms with Gasteiger partial charge in [-0.05, 0) is 37.7 Å². The van der Waals surface area contributed by atoms with E-state index in [0.717, 1.165) is 19.3 Å².